The van der Waals surface area contributed by atoms with Gasteiger partial charge in [-0.25, -0.2) is 15.0 Å². The van der Waals surface area contributed by atoms with Crippen LogP contribution >= 0.6 is 11.6 Å². The molecule has 0 fully saturated rings. The maximum Gasteiger partial charge on any atom is 0.309 e. The predicted molar refractivity (Wildman–Crippen MR) is 42.3 cm³/mol. The fourth-order valence-corrected chi connectivity index (χ4v) is 1.03. The Morgan fingerprint density at radius 3 is 2.83 bits per heavy atom. The van der Waals surface area contributed by atoms with E-state index in [1.54, 1.807) is 12.1 Å². The van der Waals surface area contributed by atoms with Gasteiger partial charge >= 0.3 is 6.08 Å². The average molecular weight is 184 g/mol. The van der Waals surface area contributed by atoms with Gasteiger partial charge in [-0.05, 0) is 12.1 Å². The van der Waals surface area contributed by atoms with E-state index in [1.165, 1.54) is 6.20 Å². The van der Waals surface area contributed by atoms with Crippen molar-refractivity contribution >= 4 is 22.6 Å². The number of rotatable bonds is 0. The minimum Gasteiger partial charge on any atom is -0.233 e. The molecule has 0 unspecified atom stereocenters. The Hall–Kier alpha value is -1.29. The summed E-state index contributed by atoms with van der Waals surface area (Å²) in [5, 5.41) is 0.345. The number of nitrogens with zero attached hydrogens (tertiary/aromatic N) is 3. The van der Waals surface area contributed by atoms with E-state index in [1.807, 2.05) is 0 Å². The highest BCUT2D eigenvalue weighted by atomic mass is 35.5. The second kappa shape index (κ2) is 2.64. The SMILES string of the molecule is Fc1ncc2nc(Cl)ccc2n1. The third-order valence-corrected chi connectivity index (χ3v) is 1.59. The standard InChI is InChI=1S/C7H3ClFN3/c8-6-2-1-4-5(11-6)3-10-7(9)12-4/h1-3H. The Morgan fingerprint density at radius 1 is 1.17 bits per heavy atom. The summed E-state index contributed by atoms with van der Waals surface area (Å²) in [4.78, 5) is 10.8. The van der Waals surface area contributed by atoms with Crippen LogP contribution in [0.1, 0.15) is 0 Å². The van der Waals surface area contributed by atoms with Gasteiger partial charge in [0.25, 0.3) is 0 Å². The number of aromatic nitrogens is 3. The minimum absolute atomic E-state index is 0.345. The molecule has 0 radical (unpaired) electrons. The molecule has 2 rings (SSSR count). The molecular formula is C7H3ClFN3. The summed E-state index contributed by atoms with van der Waals surface area (Å²) >= 11 is 5.60. The largest absolute Gasteiger partial charge is 0.309 e. The lowest BCUT2D eigenvalue weighted by atomic mass is 10.4. The molecule has 0 spiro atoms. The average Bonchev–Trinajstić information content (AvgIpc) is 2.05. The smallest absolute Gasteiger partial charge is 0.233 e. The van der Waals surface area contributed by atoms with Crippen molar-refractivity contribution in [3.05, 3.63) is 29.6 Å². The van der Waals surface area contributed by atoms with Crippen molar-refractivity contribution in [2.75, 3.05) is 0 Å². The molecule has 0 N–H and O–H groups in total. The molecule has 60 valence electrons. The zero-order valence-corrected chi connectivity index (χ0v) is 6.59. The number of pyridine rings is 1. The summed E-state index contributed by atoms with van der Waals surface area (Å²) in [5.74, 6) is 0. The molecule has 0 atom stereocenters. The third-order valence-electron chi connectivity index (χ3n) is 1.37. The first-order chi connectivity index (χ1) is 5.75. The van der Waals surface area contributed by atoms with E-state index in [4.69, 9.17) is 11.6 Å². The lowest BCUT2D eigenvalue weighted by Crippen LogP contribution is -1.90. The van der Waals surface area contributed by atoms with Gasteiger partial charge < -0.3 is 0 Å². The van der Waals surface area contributed by atoms with E-state index in [0.717, 1.165) is 0 Å². The van der Waals surface area contributed by atoms with Gasteiger partial charge in [-0.2, -0.15) is 4.39 Å². The Bertz CT molecular complexity index is 391. The summed E-state index contributed by atoms with van der Waals surface area (Å²) < 4.78 is 12.5. The molecule has 5 heteroatoms. The summed E-state index contributed by atoms with van der Waals surface area (Å²) in [5.41, 5.74) is 0.941. The quantitative estimate of drug-likeness (QED) is 0.462. The molecule has 0 aliphatic heterocycles. The van der Waals surface area contributed by atoms with Crippen LogP contribution < -0.4 is 0 Å². The van der Waals surface area contributed by atoms with Crippen LogP contribution in [-0.4, -0.2) is 15.0 Å². The third kappa shape index (κ3) is 1.21. The molecule has 0 aromatic carbocycles. The van der Waals surface area contributed by atoms with Gasteiger partial charge in [0.2, 0.25) is 0 Å². The van der Waals surface area contributed by atoms with E-state index in [0.29, 0.717) is 16.2 Å². The van der Waals surface area contributed by atoms with Crippen molar-refractivity contribution < 1.29 is 4.39 Å². The van der Waals surface area contributed by atoms with Crippen LogP contribution in [0.2, 0.25) is 5.15 Å². The van der Waals surface area contributed by atoms with Gasteiger partial charge in [0.05, 0.1) is 11.7 Å². The van der Waals surface area contributed by atoms with Crippen LogP contribution in [0.15, 0.2) is 18.3 Å². The molecule has 12 heavy (non-hydrogen) atoms. The number of hydrogen-bond acceptors (Lipinski definition) is 3. The molecule has 3 nitrogen and oxygen atoms in total. The second-order valence-corrected chi connectivity index (χ2v) is 2.56. The number of hydrogen-bond donors (Lipinski definition) is 0. The van der Waals surface area contributed by atoms with Gasteiger partial charge in [-0.15, -0.1) is 0 Å². The van der Waals surface area contributed by atoms with E-state index in [2.05, 4.69) is 15.0 Å². The molecule has 0 bridgehead atoms. The maximum absolute atomic E-state index is 12.5. The number of fused-ring (bicyclic) bond motifs is 1. The first-order valence-electron chi connectivity index (χ1n) is 3.20. The molecule has 0 aliphatic rings. The highest BCUT2D eigenvalue weighted by Crippen LogP contribution is 2.11. The van der Waals surface area contributed by atoms with Crippen LogP contribution in [0.5, 0.6) is 0 Å². The second-order valence-electron chi connectivity index (χ2n) is 2.18. The van der Waals surface area contributed by atoms with Gasteiger partial charge in [-0.3, -0.25) is 0 Å². The highest BCUT2D eigenvalue weighted by molar-refractivity contribution is 6.29. The lowest BCUT2D eigenvalue weighted by Gasteiger charge is -1.94. The Balaban J connectivity index is 2.79. The van der Waals surface area contributed by atoms with Gasteiger partial charge in [0.1, 0.15) is 10.7 Å². The predicted octanol–water partition coefficient (Wildman–Crippen LogP) is 1.82. The Kier molecular flexibility index (Phi) is 1.62. The number of halogens is 2. The zero-order chi connectivity index (χ0) is 8.55. The first-order valence-corrected chi connectivity index (χ1v) is 3.58. The molecular weight excluding hydrogens is 181 g/mol. The molecule has 0 amide bonds. The summed E-state index contributed by atoms with van der Waals surface area (Å²) in [6.45, 7) is 0. The maximum atomic E-state index is 12.5. The van der Waals surface area contributed by atoms with E-state index in [-0.39, 0.29) is 0 Å². The summed E-state index contributed by atoms with van der Waals surface area (Å²) in [6, 6.07) is 3.14. The molecule has 0 saturated heterocycles. The van der Waals surface area contributed by atoms with Crippen LogP contribution in [0.3, 0.4) is 0 Å². The van der Waals surface area contributed by atoms with Crippen molar-refractivity contribution in [1.82, 2.24) is 15.0 Å². The molecule has 0 aliphatic carbocycles. The minimum atomic E-state index is -0.758. The Morgan fingerprint density at radius 2 is 2.00 bits per heavy atom. The van der Waals surface area contributed by atoms with Gasteiger partial charge in [-0.1, -0.05) is 11.6 Å². The first kappa shape index (κ1) is 7.36. The van der Waals surface area contributed by atoms with Crippen molar-refractivity contribution in [2.45, 2.75) is 0 Å². The molecule has 0 saturated carbocycles. The van der Waals surface area contributed by atoms with Crippen molar-refractivity contribution in [3.63, 3.8) is 0 Å². The van der Waals surface area contributed by atoms with Crippen molar-refractivity contribution in [1.29, 1.82) is 0 Å². The topological polar surface area (TPSA) is 38.7 Å². The molecule has 2 aromatic rings. The summed E-state index contributed by atoms with van der Waals surface area (Å²) in [7, 11) is 0. The summed E-state index contributed by atoms with van der Waals surface area (Å²) in [6.07, 6.45) is 0.537. The fraction of sp³-hybridized carbons (Fsp3) is 0. The fourth-order valence-electron chi connectivity index (χ4n) is 0.875. The van der Waals surface area contributed by atoms with Crippen molar-refractivity contribution in [3.8, 4) is 0 Å². The monoisotopic (exact) mass is 183 g/mol. The molecule has 2 aromatic heterocycles. The van der Waals surface area contributed by atoms with Crippen LogP contribution in [-0.2, 0) is 0 Å². The Labute approximate surface area is 72.2 Å². The van der Waals surface area contributed by atoms with Crippen molar-refractivity contribution in [2.24, 2.45) is 0 Å². The van der Waals surface area contributed by atoms with E-state index < -0.39 is 6.08 Å². The lowest BCUT2D eigenvalue weighted by molar-refractivity contribution is 0.544. The van der Waals surface area contributed by atoms with E-state index >= 15 is 0 Å². The van der Waals surface area contributed by atoms with Crippen LogP contribution in [0.25, 0.3) is 11.0 Å². The highest BCUT2D eigenvalue weighted by Gasteiger charge is 1.99. The normalized spacial score (nSPS) is 10.5. The van der Waals surface area contributed by atoms with Crippen LogP contribution in [0, 0.1) is 6.08 Å². The van der Waals surface area contributed by atoms with E-state index in [9.17, 15) is 4.39 Å². The van der Waals surface area contributed by atoms with Gasteiger partial charge in [0.15, 0.2) is 0 Å². The zero-order valence-electron chi connectivity index (χ0n) is 5.83. The molecule has 2 heterocycles. The van der Waals surface area contributed by atoms with Crippen LogP contribution in [0.4, 0.5) is 4.39 Å². The van der Waals surface area contributed by atoms with Gasteiger partial charge in [0, 0.05) is 0 Å².